The lowest BCUT2D eigenvalue weighted by molar-refractivity contribution is -0.117. The number of pyridine rings is 2. The van der Waals surface area contributed by atoms with Crippen LogP contribution < -0.4 is 50.8 Å². The average Bonchev–Trinajstić information content (AvgIpc) is 4.13. The fraction of sp³-hybridized carbons (Fsp3) is 0.385. The van der Waals surface area contributed by atoms with Gasteiger partial charge in [-0.05, 0) is 60.8 Å². The Morgan fingerprint density at radius 2 is 1.05 bits per heavy atom. The standard InChI is InChI=1S/C26H30Cl2N8O3.C13H11Cl2N5O.C13H20ClN3O2/c1-39-22-15-21(35-10-8-34(9-11-35)12-13-37)17(27)14-20(22)32-26-30-16-18(28)24(33-26)31-19-4-2-6-29-25(19)36-7-3-5-23(36)38;14-8-7-17-13(15)19-11(8)18-9-3-1-5-16-12(9)20-6-2-4-10(20)21;1-19-13-9-12(10(14)8-11(13)15)17-4-2-16(3-5-17)6-7-18/h2,4,6,14-16,37H,3,5,7-13H2,1H3,(H2,30,31,32,33);1,3,5,7H,2,4,6H2,(H,17,18,19);8-9,18H,2-7,15H2,1H3. The van der Waals surface area contributed by atoms with Crippen LogP contribution in [0.25, 0.3) is 0 Å². The van der Waals surface area contributed by atoms with E-state index in [0.29, 0.717) is 110 Å². The third-order valence-corrected chi connectivity index (χ3v) is 14.6. The quantitative estimate of drug-likeness (QED) is 0.0396. The molecule has 0 unspecified atom stereocenters. The highest BCUT2D eigenvalue weighted by Crippen LogP contribution is 2.40. The molecule has 0 saturated carbocycles. The minimum Gasteiger partial charge on any atom is -0.495 e. The first-order valence-corrected chi connectivity index (χ1v) is 27.4. The zero-order valence-electron chi connectivity index (χ0n) is 43.5. The van der Waals surface area contributed by atoms with Crippen LogP contribution in [0.15, 0.2) is 73.3 Å². The van der Waals surface area contributed by atoms with Crippen molar-refractivity contribution in [2.75, 3.05) is 147 Å². The predicted octanol–water partition coefficient (Wildman–Crippen LogP) is 8.01. The maximum atomic E-state index is 12.3. The van der Waals surface area contributed by atoms with Crippen LogP contribution in [0.1, 0.15) is 25.7 Å². The van der Waals surface area contributed by atoms with Crippen molar-refractivity contribution < 1.29 is 29.3 Å². The molecule has 8 heterocycles. The summed E-state index contributed by atoms with van der Waals surface area (Å²) in [6.45, 7) is 9.91. The molecule has 7 N–H and O–H groups in total. The molecule has 2 amide bonds. The van der Waals surface area contributed by atoms with Crippen molar-refractivity contribution in [3.05, 3.63) is 98.7 Å². The Balaban J connectivity index is 0.000000172. The molecule has 4 saturated heterocycles. The van der Waals surface area contributed by atoms with Crippen LogP contribution in [0.2, 0.25) is 25.4 Å². The number of aliphatic hydroxyl groups is 2. The molecule has 4 aromatic heterocycles. The molecular formula is C52H61Cl5N16O6. The van der Waals surface area contributed by atoms with E-state index < -0.39 is 0 Å². The number of nitrogens with one attached hydrogen (secondary N) is 3. The van der Waals surface area contributed by atoms with E-state index in [4.69, 9.17) is 78.3 Å². The molecule has 0 atom stereocenters. The second-order valence-corrected chi connectivity index (χ2v) is 20.3. The van der Waals surface area contributed by atoms with Gasteiger partial charge in [-0.3, -0.25) is 29.2 Å². The van der Waals surface area contributed by atoms with Gasteiger partial charge in [-0.2, -0.15) is 9.97 Å². The van der Waals surface area contributed by atoms with Crippen LogP contribution in [0.4, 0.5) is 63.3 Å². The number of piperazine rings is 2. The summed E-state index contributed by atoms with van der Waals surface area (Å²) < 4.78 is 10.9. The zero-order valence-corrected chi connectivity index (χ0v) is 47.3. The SMILES string of the molecule is COc1cc(N2CCN(CCO)CC2)c(Cl)cc1N.COc1cc(N2CCN(CCO)CC2)c(Cl)cc1Nc1ncc(Cl)c(Nc2cccnc2N2CCCC2=O)n1.O=C1CCCN1c1ncccc1Nc1nc(Cl)ncc1Cl. The number of ether oxygens (including phenoxy) is 2. The molecule has 0 radical (unpaired) electrons. The summed E-state index contributed by atoms with van der Waals surface area (Å²) in [7, 11) is 3.19. The fourth-order valence-electron chi connectivity index (χ4n) is 9.22. The van der Waals surface area contributed by atoms with E-state index >= 15 is 0 Å². The molecule has 2 aromatic carbocycles. The van der Waals surface area contributed by atoms with Gasteiger partial charge in [0.2, 0.25) is 23.0 Å². The number of halogens is 5. The number of hydrogen-bond donors (Lipinski definition) is 6. The Kier molecular flexibility index (Phi) is 20.9. The summed E-state index contributed by atoms with van der Waals surface area (Å²) >= 11 is 31.2. The Hall–Kier alpha value is -6.47. The number of aromatic nitrogens is 6. The minimum atomic E-state index is 0.0346. The van der Waals surface area contributed by atoms with Crippen molar-refractivity contribution in [2.45, 2.75) is 25.7 Å². The smallest absolute Gasteiger partial charge is 0.229 e. The molecule has 0 bridgehead atoms. The number of methoxy groups -OCH3 is 2. The summed E-state index contributed by atoms with van der Waals surface area (Å²) in [4.78, 5) is 61.8. The van der Waals surface area contributed by atoms with Crippen LogP contribution in [0.3, 0.4) is 0 Å². The van der Waals surface area contributed by atoms with E-state index in [-0.39, 0.29) is 36.3 Å². The number of β-amino-alcohol motifs (C(OH)–C–C–N with tert-alkyl or cyclic N) is 2. The third-order valence-electron chi connectivity index (χ3n) is 13.3. The Bertz CT molecular complexity index is 3060. The number of benzene rings is 2. The maximum absolute atomic E-state index is 12.3. The van der Waals surface area contributed by atoms with Gasteiger partial charge in [0.05, 0.1) is 84.0 Å². The van der Waals surface area contributed by atoms with Gasteiger partial charge < -0.3 is 51.2 Å². The zero-order chi connectivity index (χ0) is 56.0. The third kappa shape index (κ3) is 15.1. The number of hydrogen-bond acceptors (Lipinski definition) is 20. The molecular weight excluding hydrogens is 1120 g/mol. The topological polar surface area (TPSA) is 252 Å². The molecule has 4 aliphatic heterocycles. The van der Waals surface area contributed by atoms with E-state index in [0.717, 1.165) is 83.1 Å². The van der Waals surface area contributed by atoms with Crippen molar-refractivity contribution in [2.24, 2.45) is 0 Å². The molecule has 6 aromatic rings. The Labute approximate surface area is 482 Å². The first kappa shape index (κ1) is 58.7. The number of aliphatic hydroxyl groups excluding tert-OH is 2. The highest BCUT2D eigenvalue weighted by molar-refractivity contribution is 6.35. The Morgan fingerprint density at radius 1 is 0.570 bits per heavy atom. The van der Waals surface area contributed by atoms with E-state index in [1.165, 1.54) is 12.4 Å². The summed E-state index contributed by atoms with van der Waals surface area (Å²) in [5.74, 6) is 3.44. The van der Waals surface area contributed by atoms with E-state index in [1.807, 2.05) is 18.2 Å². The summed E-state index contributed by atoms with van der Waals surface area (Å²) in [6.07, 6.45) is 8.85. The number of rotatable bonds is 16. The van der Waals surface area contributed by atoms with Gasteiger partial charge >= 0.3 is 0 Å². The summed E-state index contributed by atoms with van der Waals surface area (Å²) in [5.41, 5.74) is 10.1. The van der Waals surface area contributed by atoms with Gasteiger partial charge in [-0.25, -0.2) is 19.9 Å². The van der Waals surface area contributed by atoms with Crippen molar-refractivity contribution >= 4 is 133 Å². The van der Waals surface area contributed by atoms with Gasteiger partial charge in [0.15, 0.2) is 23.3 Å². The van der Waals surface area contributed by atoms with Crippen LogP contribution in [-0.2, 0) is 9.59 Å². The van der Waals surface area contributed by atoms with Crippen LogP contribution in [0.5, 0.6) is 11.5 Å². The number of anilines is 11. The lowest BCUT2D eigenvalue weighted by Gasteiger charge is -2.36. The monoisotopic (exact) mass is 1180 g/mol. The number of nitrogens with two attached hydrogens (primary N) is 1. The van der Waals surface area contributed by atoms with Crippen LogP contribution in [0, 0.1) is 0 Å². The van der Waals surface area contributed by atoms with Gasteiger partial charge in [0, 0.05) is 116 Å². The van der Waals surface area contributed by atoms with Gasteiger partial charge in [0.1, 0.15) is 21.5 Å². The molecule has 4 fully saturated rings. The lowest BCUT2D eigenvalue weighted by Crippen LogP contribution is -2.47. The molecule has 79 heavy (non-hydrogen) atoms. The highest BCUT2D eigenvalue weighted by atomic mass is 35.5. The Morgan fingerprint density at radius 3 is 1.53 bits per heavy atom. The second kappa shape index (κ2) is 28.1. The minimum absolute atomic E-state index is 0.0346. The van der Waals surface area contributed by atoms with Crippen molar-refractivity contribution in [1.82, 2.24) is 39.7 Å². The largest absolute Gasteiger partial charge is 0.495 e. The maximum Gasteiger partial charge on any atom is 0.229 e. The first-order valence-electron chi connectivity index (χ1n) is 25.5. The summed E-state index contributed by atoms with van der Waals surface area (Å²) in [5, 5.41) is 29.5. The molecule has 22 nitrogen and oxygen atoms in total. The second-order valence-electron chi connectivity index (χ2n) is 18.3. The summed E-state index contributed by atoms with van der Waals surface area (Å²) in [6, 6.07) is 14.5. The van der Waals surface area contributed by atoms with E-state index in [1.54, 1.807) is 66.7 Å². The normalized spacial score (nSPS) is 15.8. The molecule has 27 heteroatoms. The van der Waals surface area contributed by atoms with Crippen LogP contribution >= 0.6 is 58.0 Å². The van der Waals surface area contributed by atoms with Gasteiger partial charge in [-0.15, -0.1) is 0 Å². The first-order chi connectivity index (χ1) is 38.3. The van der Waals surface area contributed by atoms with E-state index in [9.17, 15) is 14.7 Å². The van der Waals surface area contributed by atoms with Gasteiger partial charge in [-0.1, -0.05) is 46.4 Å². The van der Waals surface area contributed by atoms with Gasteiger partial charge in [0.25, 0.3) is 0 Å². The average molecular weight is 1180 g/mol. The predicted molar refractivity (Wildman–Crippen MR) is 312 cm³/mol. The number of nitrogens with zero attached hydrogens (tertiary/aromatic N) is 12. The number of nitrogen functional groups attached to an aromatic ring is 1. The number of amides is 2. The molecule has 0 spiro atoms. The molecule has 4 aliphatic rings. The fourth-order valence-corrected chi connectivity index (χ4v) is 10.2. The van der Waals surface area contributed by atoms with Crippen LogP contribution in [-0.4, -0.2) is 168 Å². The van der Waals surface area contributed by atoms with Crippen molar-refractivity contribution in [1.29, 1.82) is 0 Å². The van der Waals surface area contributed by atoms with Crippen molar-refractivity contribution in [3.63, 3.8) is 0 Å². The van der Waals surface area contributed by atoms with E-state index in [2.05, 4.69) is 65.5 Å². The number of carbonyl (C=O) groups is 2. The molecule has 0 aliphatic carbocycles. The lowest BCUT2D eigenvalue weighted by atomic mass is 10.2. The molecule has 10 rings (SSSR count). The number of carbonyl (C=O) groups excluding carboxylic acids is 2. The highest BCUT2D eigenvalue weighted by Gasteiger charge is 2.28. The molecule has 420 valence electrons. The van der Waals surface area contributed by atoms with Crippen molar-refractivity contribution in [3.8, 4) is 11.5 Å².